The molecule has 1 aromatic carbocycles. The van der Waals surface area contributed by atoms with Crippen LogP contribution in [0.2, 0.25) is 0 Å². The normalized spacial score (nSPS) is 16.3. The van der Waals surface area contributed by atoms with E-state index in [9.17, 15) is 4.79 Å². The van der Waals surface area contributed by atoms with Gasteiger partial charge in [0.05, 0.1) is 19.3 Å². The number of benzene rings is 1. The molecule has 6 heteroatoms. The van der Waals surface area contributed by atoms with Crippen molar-refractivity contribution in [3.63, 3.8) is 0 Å². The Morgan fingerprint density at radius 3 is 2.82 bits per heavy atom. The Labute approximate surface area is 164 Å². The molecule has 28 heavy (non-hydrogen) atoms. The lowest BCUT2D eigenvalue weighted by Gasteiger charge is -2.33. The van der Waals surface area contributed by atoms with E-state index < -0.39 is 0 Å². The summed E-state index contributed by atoms with van der Waals surface area (Å²) < 4.78 is 11.3. The van der Waals surface area contributed by atoms with Crippen molar-refractivity contribution in [3.05, 3.63) is 59.7 Å². The zero-order valence-corrected chi connectivity index (χ0v) is 16.2. The fourth-order valence-electron chi connectivity index (χ4n) is 3.82. The molecule has 1 unspecified atom stereocenters. The van der Waals surface area contributed by atoms with Crippen molar-refractivity contribution in [2.45, 2.75) is 25.8 Å². The molecule has 1 atom stereocenters. The molecule has 1 amide bonds. The van der Waals surface area contributed by atoms with Gasteiger partial charge in [-0.3, -0.25) is 9.69 Å². The third-order valence-electron chi connectivity index (χ3n) is 5.36. The van der Waals surface area contributed by atoms with Gasteiger partial charge in [-0.05, 0) is 37.1 Å². The van der Waals surface area contributed by atoms with Crippen molar-refractivity contribution in [1.29, 1.82) is 0 Å². The van der Waals surface area contributed by atoms with Crippen molar-refractivity contribution >= 4 is 16.8 Å². The number of para-hydroxylation sites is 1. The first-order valence-corrected chi connectivity index (χ1v) is 9.90. The average Bonchev–Trinajstić information content (AvgIpc) is 3.34. The first-order chi connectivity index (χ1) is 13.7. The number of hydrogen-bond donors (Lipinski definition) is 2. The third-order valence-corrected chi connectivity index (χ3v) is 5.36. The van der Waals surface area contributed by atoms with Crippen LogP contribution in [0, 0.1) is 6.92 Å². The third kappa shape index (κ3) is 4.29. The van der Waals surface area contributed by atoms with Crippen LogP contribution in [0.4, 0.5) is 0 Å². The summed E-state index contributed by atoms with van der Waals surface area (Å²) in [5, 5.41) is 4.29. The van der Waals surface area contributed by atoms with E-state index in [-0.39, 0.29) is 11.9 Å². The van der Waals surface area contributed by atoms with Crippen LogP contribution in [0.25, 0.3) is 10.9 Å². The molecule has 2 N–H and O–H groups in total. The van der Waals surface area contributed by atoms with Gasteiger partial charge in [-0.25, -0.2) is 0 Å². The van der Waals surface area contributed by atoms with Crippen molar-refractivity contribution in [2.24, 2.45) is 0 Å². The number of amides is 1. The van der Waals surface area contributed by atoms with Crippen molar-refractivity contribution in [3.8, 4) is 0 Å². The topological polar surface area (TPSA) is 70.5 Å². The molecule has 4 rings (SSSR count). The molecule has 1 aliphatic heterocycles. The second kappa shape index (κ2) is 8.63. The molecule has 0 spiro atoms. The fraction of sp³-hybridized carbons (Fsp3) is 0.409. The maximum absolute atomic E-state index is 12.5. The minimum absolute atomic E-state index is 0.0367. The Balaban J connectivity index is 1.35. The Hall–Kier alpha value is -2.57. The molecule has 1 fully saturated rings. The largest absolute Gasteiger partial charge is 0.465 e. The van der Waals surface area contributed by atoms with Crippen molar-refractivity contribution < 1.29 is 13.9 Å². The number of hydrogen-bond acceptors (Lipinski definition) is 4. The highest BCUT2D eigenvalue weighted by Crippen LogP contribution is 2.23. The van der Waals surface area contributed by atoms with Crippen LogP contribution in [0.5, 0.6) is 0 Å². The van der Waals surface area contributed by atoms with E-state index in [1.165, 1.54) is 10.9 Å². The van der Waals surface area contributed by atoms with Gasteiger partial charge in [0.1, 0.15) is 11.5 Å². The van der Waals surface area contributed by atoms with E-state index in [4.69, 9.17) is 9.15 Å². The second-order valence-electron chi connectivity index (χ2n) is 7.28. The number of ether oxygens (including phenoxy) is 1. The van der Waals surface area contributed by atoms with E-state index in [2.05, 4.69) is 27.3 Å². The smallest absolute Gasteiger partial charge is 0.220 e. The Morgan fingerprint density at radius 1 is 1.21 bits per heavy atom. The van der Waals surface area contributed by atoms with E-state index in [0.29, 0.717) is 26.2 Å². The quantitative estimate of drug-likeness (QED) is 0.659. The van der Waals surface area contributed by atoms with Crippen LogP contribution in [0.3, 0.4) is 0 Å². The maximum atomic E-state index is 12.5. The highest BCUT2D eigenvalue weighted by Gasteiger charge is 2.25. The van der Waals surface area contributed by atoms with Gasteiger partial charge < -0.3 is 19.5 Å². The molecular formula is C22H27N3O3. The Bertz CT molecular complexity index is 924. The first-order valence-electron chi connectivity index (χ1n) is 9.90. The number of carbonyl (C=O) groups is 1. The lowest BCUT2D eigenvalue weighted by Crippen LogP contribution is -2.43. The number of morpholine rings is 1. The lowest BCUT2D eigenvalue weighted by molar-refractivity contribution is -0.121. The number of aryl methyl sites for hydroxylation is 2. The molecule has 148 valence electrons. The number of rotatable bonds is 7. The standard InChI is InChI=1S/C22H27N3O3/c1-16-6-8-21(28-16)20(25-10-12-27-13-11-25)15-24-22(26)9-7-17-14-23-19-5-3-2-4-18(17)19/h2-6,8,14,20,23H,7,9-13,15H2,1H3,(H,24,26). The SMILES string of the molecule is Cc1ccc(C(CNC(=O)CCc2c[nH]c3ccccc23)N2CCOCC2)o1. The van der Waals surface area contributed by atoms with Crippen molar-refractivity contribution in [1.82, 2.24) is 15.2 Å². The van der Waals surface area contributed by atoms with E-state index in [0.717, 1.165) is 36.5 Å². The maximum Gasteiger partial charge on any atom is 0.220 e. The van der Waals surface area contributed by atoms with E-state index >= 15 is 0 Å². The van der Waals surface area contributed by atoms with Gasteiger partial charge >= 0.3 is 0 Å². The zero-order valence-electron chi connectivity index (χ0n) is 16.2. The molecule has 1 aliphatic rings. The number of aromatic nitrogens is 1. The molecule has 1 saturated heterocycles. The average molecular weight is 381 g/mol. The summed E-state index contributed by atoms with van der Waals surface area (Å²) in [4.78, 5) is 18.1. The van der Waals surface area contributed by atoms with Crippen LogP contribution in [0.1, 0.15) is 29.5 Å². The summed E-state index contributed by atoms with van der Waals surface area (Å²) in [5.74, 6) is 1.85. The molecule has 3 heterocycles. The number of nitrogens with zero attached hydrogens (tertiary/aromatic N) is 1. The number of carbonyl (C=O) groups excluding carboxylic acids is 1. The Kier molecular flexibility index (Phi) is 5.78. The van der Waals surface area contributed by atoms with Crippen LogP contribution in [-0.4, -0.2) is 48.6 Å². The molecule has 0 radical (unpaired) electrons. The summed E-state index contributed by atoms with van der Waals surface area (Å²) in [6.07, 6.45) is 3.19. The number of H-pyrrole nitrogens is 1. The summed E-state index contributed by atoms with van der Waals surface area (Å²) in [6.45, 7) is 5.60. The van der Waals surface area contributed by atoms with E-state index in [1.807, 2.05) is 37.4 Å². The molecular weight excluding hydrogens is 354 g/mol. The molecule has 0 saturated carbocycles. The first kappa shape index (κ1) is 18.8. The molecule has 0 aliphatic carbocycles. The van der Waals surface area contributed by atoms with Gasteiger partial charge in [-0.2, -0.15) is 0 Å². The van der Waals surface area contributed by atoms with Gasteiger partial charge in [-0.15, -0.1) is 0 Å². The molecule has 3 aromatic rings. The number of furan rings is 1. The summed E-state index contributed by atoms with van der Waals surface area (Å²) >= 11 is 0. The van der Waals surface area contributed by atoms with Crippen molar-refractivity contribution in [2.75, 3.05) is 32.8 Å². The van der Waals surface area contributed by atoms with E-state index in [1.54, 1.807) is 0 Å². The predicted molar refractivity (Wildman–Crippen MR) is 108 cm³/mol. The fourth-order valence-corrected chi connectivity index (χ4v) is 3.82. The summed E-state index contributed by atoms with van der Waals surface area (Å²) in [6, 6.07) is 12.2. The molecule has 2 aromatic heterocycles. The van der Waals surface area contributed by atoms with Crippen LogP contribution in [0.15, 0.2) is 47.0 Å². The number of nitrogens with one attached hydrogen (secondary N) is 2. The molecule has 6 nitrogen and oxygen atoms in total. The van der Waals surface area contributed by atoms with Crippen LogP contribution in [-0.2, 0) is 16.0 Å². The Morgan fingerprint density at radius 2 is 2.04 bits per heavy atom. The predicted octanol–water partition coefficient (Wildman–Crippen LogP) is 3.19. The highest BCUT2D eigenvalue weighted by molar-refractivity contribution is 5.84. The zero-order chi connectivity index (χ0) is 19.3. The van der Waals surface area contributed by atoms with Gasteiger partial charge in [-0.1, -0.05) is 18.2 Å². The van der Waals surface area contributed by atoms with Gasteiger partial charge in [0, 0.05) is 43.2 Å². The highest BCUT2D eigenvalue weighted by atomic mass is 16.5. The number of aromatic amines is 1. The van der Waals surface area contributed by atoms with Gasteiger partial charge in [0.15, 0.2) is 0 Å². The minimum atomic E-state index is 0.0367. The van der Waals surface area contributed by atoms with Gasteiger partial charge in [0.25, 0.3) is 0 Å². The van der Waals surface area contributed by atoms with Gasteiger partial charge in [0.2, 0.25) is 5.91 Å². The van der Waals surface area contributed by atoms with Crippen LogP contribution >= 0.6 is 0 Å². The molecule has 0 bridgehead atoms. The monoisotopic (exact) mass is 381 g/mol. The van der Waals surface area contributed by atoms with Crippen LogP contribution < -0.4 is 5.32 Å². The second-order valence-corrected chi connectivity index (χ2v) is 7.28. The summed E-state index contributed by atoms with van der Waals surface area (Å²) in [7, 11) is 0. The summed E-state index contributed by atoms with van der Waals surface area (Å²) in [5.41, 5.74) is 2.29. The minimum Gasteiger partial charge on any atom is -0.465 e. The number of fused-ring (bicyclic) bond motifs is 1. The lowest BCUT2D eigenvalue weighted by atomic mass is 10.1.